The van der Waals surface area contributed by atoms with Crippen LogP contribution in [0.5, 0.6) is 0 Å². The molecular weight excluding hydrogens is 448 g/mol. The number of hydrogen-bond donors (Lipinski definition) is 2. The first-order valence-corrected chi connectivity index (χ1v) is 13.4. The van der Waals surface area contributed by atoms with Gasteiger partial charge in [-0.2, -0.15) is 0 Å². The Labute approximate surface area is 223 Å². The van der Waals surface area contributed by atoms with Crippen LogP contribution >= 0.6 is 0 Å². The summed E-state index contributed by atoms with van der Waals surface area (Å²) in [5.41, 5.74) is 12.8. The van der Waals surface area contributed by atoms with E-state index in [1.807, 2.05) is 0 Å². The molecule has 0 fully saturated rings. The van der Waals surface area contributed by atoms with Crippen LogP contribution in [0.25, 0.3) is 11.1 Å². The van der Waals surface area contributed by atoms with Crippen molar-refractivity contribution in [2.75, 3.05) is 10.6 Å². The molecule has 0 aromatic heterocycles. The van der Waals surface area contributed by atoms with Gasteiger partial charge >= 0.3 is 0 Å². The molecule has 2 heteroatoms. The van der Waals surface area contributed by atoms with Gasteiger partial charge in [0.15, 0.2) is 0 Å². The van der Waals surface area contributed by atoms with Crippen molar-refractivity contribution in [1.29, 1.82) is 0 Å². The lowest BCUT2D eigenvalue weighted by atomic mass is 9.82. The van der Waals surface area contributed by atoms with Crippen LogP contribution in [0.1, 0.15) is 77.6 Å². The van der Waals surface area contributed by atoms with Crippen LogP contribution in [0, 0.1) is 0 Å². The van der Waals surface area contributed by atoms with E-state index in [9.17, 15) is 0 Å². The van der Waals surface area contributed by atoms with E-state index in [0.29, 0.717) is 0 Å². The van der Waals surface area contributed by atoms with E-state index >= 15 is 0 Å². The summed E-state index contributed by atoms with van der Waals surface area (Å²) in [4.78, 5) is 0. The van der Waals surface area contributed by atoms with Crippen molar-refractivity contribution in [2.24, 2.45) is 0 Å². The van der Waals surface area contributed by atoms with Crippen molar-refractivity contribution >= 4 is 22.7 Å². The Hall–Kier alpha value is -3.52. The maximum absolute atomic E-state index is 3.62. The molecule has 1 aliphatic carbocycles. The number of fused-ring (bicyclic) bond motifs is 3. The highest BCUT2D eigenvalue weighted by atomic mass is 14.9. The van der Waals surface area contributed by atoms with Crippen molar-refractivity contribution in [2.45, 2.75) is 71.6 Å². The van der Waals surface area contributed by atoms with Gasteiger partial charge in [-0.1, -0.05) is 91.8 Å². The summed E-state index contributed by atoms with van der Waals surface area (Å²) in [6.07, 6.45) is 0. The van der Waals surface area contributed by atoms with Crippen LogP contribution in [0.4, 0.5) is 22.7 Å². The zero-order valence-electron chi connectivity index (χ0n) is 23.6. The largest absolute Gasteiger partial charge is 0.356 e. The lowest BCUT2D eigenvalue weighted by molar-refractivity contribution is 0.590. The molecule has 1 aliphatic rings. The highest BCUT2D eigenvalue weighted by molar-refractivity contribution is 5.85. The SMILES string of the molecule is CC(C)(C)c1ccc(Nc2ccc3c(c2)C(C)(C)c2cc(Nc4ccc(C(C)(C)C)cc4)ccc2-3)cc1. The molecule has 2 nitrogen and oxygen atoms in total. The third kappa shape index (κ3) is 4.90. The number of rotatable bonds is 4. The Morgan fingerprint density at radius 2 is 0.784 bits per heavy atom. The first kappa shape index (κ1) is 25.1. The monoisotopic (exact) mass is 488 g/mol. The van der Waals surface area contributed by atoms with E-state index in [-0.39, 0.29) is 16.2 Å². The van der Waals surface area contributed by atoms with E-state index in [1.165, 1.54) is 33.4 Å². The highest BCUT2D eigenvalue weighted by Gasteiger charge is 2.35. The second kappa shape index (κ2) is 8.80. The smallest absolute Gasteiger partial charge is 0.0387 e. The van der Waals surface area contributed by atoms with Gasteiger partial charge in [-0.25, -0.2) is 0 Å². The molecule has 0 saturated carbocycles. The second-order valence-electron chi connectivity index (χ2n) is 13.1. The summed E-state index contributed by atoms with van der Waals surface area (Å²) >= 11 is 0. The van der Waals surface area contributed by atoms with Crippen LogP contribution in [0.2, 0.25) is 0 Å². The first-order chi connectivity index (χ1) is 17.3. The zero-order valence-corrected chi connectivity index (χ0v) is 23.6. The van der Waals surface area contributed by atoms with Gasteiger partial charge in [0, 0.05) is 28.2 Å². The molecule has 190 valence electrons. The Morgan fingerprint density at radius 3 is 1.11 bits per heavy atom. The molecule has 0 radical (unpaired) electrons. The molecule has 0 heterocycles. The Bertz CT molecular complexity index is 1320. The number of nitrogens with one attached hydrogen (secondary N) is 2. The van der Waals surface area contributed by atoms with Gasteiger partial charge in [-0.15, -0.1) is 0 Å². The molecular formula is C35H40N2. The van der Waals surface area contributed by atoms with Crippen molar-refractivity contribution in [3.63, 3.8) is 0 Å². The third-order valence-electron chi connectivity index (χ3n) is 7.76. The van der Waals surface area contributed by atoms with Crippen molar-refractivity contribution in [3.05, 3.63) is 107 Å². The van der Waals surface area contributed by atoms with Gasteiger partial charge in [0.25, 0.3) is 0 Å². The average Bonchev–Trinajstić information content (AvgIpc) is 3.05. The van der Waals surface area contributed by atoms with Gasteiger partial charge in [0.05, 0.1) is 0 Å². The third-order valence-corrected chi connectivity index (χ3v) is 7.76. The predicted molar refractivity (Wildman–Crippen MR) is 161 cm³/mol. The molecule has 4 aromatic carbocycles. The van der Waals surface area contributed by atoms with E-state index in [4.69, 9.17) is 0 Å². The van der Waals surface area contributed by atoms with Gasteiger partial charge in [-0.05, 0) is 92.7 Å². The standard InChI is InChI=1S/C35H40N2/c1-33(2,3)23-9-13-25(14-10-23)36-27-17-19-29-30-20-18-28(22-32(30)35(7,8)31(29)21-27)37-26-15-11-24(12-16-26)34(4,5)6/h9-22,36-37H,1-8H3. The lowest BCUT2D eigenvalue weighted by Crippen LogP contribution is -2.15. The molecule has 0 atom stereocenters. The van der Waals surface area contributed by atoms with Crippen molar-refractivity contribution in [3.8, 4) is 11.1 Å². The molecule has 0 aliphatic heterocycles. The van der Waals surface area contributed by atoms with Crippen LogP contribution < -0.4 is 10.6 Å². The molecule has 0 bridgehead atoms. The van der Waals surface area contributed by atoms with Crippen LogP contribution in [-0.4, -0.2) is 0 Å². The number of benzene rings is 4. The fourth-order valence-corrected chi connectivity index (χ4v) is 5.33. The van der Waals surface area contributed by atoms with Gasteiger partial charge in [0.2, 0.25) is 0 Å². The molecule has 0 saturated heterocycles. The van der Waals surface area contributed by atoms with E-state index in [0.717, 1.165) is 22.7 Å². The Morgan fingerprint density at radius 1 is 0.459 bits per heavy atom. The molecule has 4 aromatic rings. The Kier molecular flexibility index (Phi) is 5.98. The summed E-state index contributed by atoms with van der Waals surface area (Å²) in [7, 11) is 0. The highest BCUT2D eigenvalue weighted by Crippen LogP contribution is 2.50. The van der Waals surface area contributed by atoms with Gasteiger partial charge < -0.3 is 10.6 Å². The molecule has 2 N–H and O–H groups in total. The van der Waals surface area contributed by atoms with Gasteiger partial charge in [0.1, 0.15) is 0 Å². The fraction of sp³-hybridized carbons (Fsp3) is 0.314. The minimum atomic E-state index is -0.0772. The van der Waals surface area contributed by atoms with Gasteiger partial charge in [-0.3, -0.25) is 0 Å². The normalized spacial score (nSPS) is 14.2. The van der Waals surface area contributed by atoms with Crippen LogP contribution in [-0.2, 0) is 16.2 Å². The molecule has 5 rings (SSSR count). The fourth-order valence-electron chi connectivity index (χ4n) is 5.33. The number of hydrogen-bond acceptors (Lipinski definition) is 2. The maximum atomic E-state index is 3.62. The minimum Gasteiger partial charge on any atom is -0.356 e. The van der Waals surface area contributed by atoms with E-state index in [2.05, 4.69) is 151 Å². The lowest BCUT2D eigenvalue weighted by Gasteiger charge is -2.23. The average molecular weight is 489 g/mol. The topological polar surface area (TPSA) is 24.1 Å². The predicted octanol–water partition coefficient (Wildman–Crippen LogP) is 10.1. The summed E-state index contributed by atoms with van der Waals surface area (Å²) < 4.78 is 0. The molecule has 0 amide bonds. The minimum absolute atomic E-state index is 0.0772. The maximum Gasteiger partial charge on any atom is 0.0387 e. The van der Waals surface area contributed by atoms with Crippen molar-refractivity contribution in [1.82, 2.24) is 0 Å². The summed E-state index contributed by atoms with van der Waals surface area (Å²) in [5, 5.41) is 7.25. The molecule has 0 spiro atoms. The summed E-state index contributed by atoms with van der Waals surface area (Å²) in [6, 6.07) is 31.2. The van der Waals surface area contributed by atoms with Crippen LogP contribution in [0.3, 0.4) is 0 Å². The Balaban J connectivity index is 1.38. The summed E-state index contributed by atoms with van der Waals surface area (Å²) in [6.45, 7) is 18.2. The van der Waals surface area contributed by atoms with E-state index < -0.39 is 0 Å². The van der Waals surface area contributed by atoms with Crippen molar-refractivity contribution < 1.29 is 0 Å². The quantitative estimate of drug-likeness (QED) is 0.298. The van der Waals surface area contributed by atoms with Crippen LogP contribution in [0.15, 0.2) is 84.9 Å². The molecule has 0 unspecified atom stereocenters. The summed E-state index contributed by atoms with van der Waals surface area (Å²) in [5.74, 6) is 0. The first-order valence-electron chi connectivity index (χ1n) is 13.4. The molecule has 37 heavy (non-hydrogen) atoms. The number of anilines is 4. The second-order valence-corrected chi connectivity index (χ2v) is 13.1. The zero-order chi connectivity index (χ0) is 26.6. The van der Waals surface area contributed by atoms with E-state index in [1.54, 1.807) is 0 Å².